The number of hydrogen-bond donors (Lipinski definition) is 1. The van der Waals surface area contributed by atoms with Crippen LogP contribution >= 0.6 is 12.2 Å². The lowest BCUT2D eigenvalue weighted by Gasteiger charge is -2.06. The van der Waals surface area contributed by atoms with E-state index in [1.807, 2.05) is 0 Å². The van der Waals surface area contributed by atoms with Crippen molar-refractivity contribution < 1.29 is 13.2 Å². The first-order valence-electron chi connectivity index (χ1n) is 3.58. The predicted octanol–water partition coefficient (Wildman–Crippen LogP) is 0.783. The molecule has 0 atom stereocenters. The van der Waals surface area contributed by atoms with Gasteiger partial charge in [0, 0.05) is 0 Å². The Labute approximate surface area is 82.9 Å². The molecule has 0 bridgehead atoms. The van der Waals surface area contributed by atoms with Gasteiger partial charge in [0.15, 0.2) is 0 Å². The summed E-state index contributed by atoms with van der Waals surface area (Å²) in [5, 5.41) is 6.75. The highest BCUT2D eigenvalue weighted by Gasteiger charge is 2.30. The van der Waals surface area contributed by atoms with Crippen molar-refractivity contribution >= 4 is 17.2 Å². The number of nitrogens with two attached hydrogens (primary N) is 1. The number of aromatic nitrogens is 3. The molecule has 78 valence electrons. The van der Waals surface area contributed by atoms with E-state index in [1.165, 1.54) is 6.92 Å². The first-order valence-corrected chi connectivity index (χ1v) is 3.98. The number of nitrogens with zero attached hydrogens (tertiary/aromatic N) is 3. The summed E-state index contributed by atoms with van der Waals surface area (Å²) in [6.45, 7) is 0.245. The van der Waals surface area contributed by atoms with E-state index in [9.17, 15) is 13.2 Å². The van der Waals surface area contributed by atoms with Gasteiger partial charge in [-0.1, -0.05) is 17.4 Å². The number of hydrogen-bond acceptors (Lipinski definition) is 3. The van der Waals surface area contributed by atoms with Crippen LogP contribution in [0.3, 0.4) is 0 Å². The third-order valence-electron chi connectivity index (χ3n) is 1.55. The molecule has 4 nitrogen and oxygen atoms in total. The lowest BCUT2D eigenvalue weighted by molar-refractivity contribution is -0.143. The minimum atomic E-state index is -4.33. The van der Waals surface area contributed by atoms with E-state index in [2.05, 4.69) is 22.5 Å². The number of thiocarbonyl (C=S) groups is 1. The highest BCUT2D eigenvalue weighted by Crippen LogP contribution is 2.18. The second kappa shape index (κ2) is 3.52. The fraction of sp³-hybridized carbons (Fsp3) is 0.500. The van der Waals surface area contributed by atoms with Crippen molar-refractivity contribution in [2.45, 2.75) is 19.6 Å². The van der Waals surface area contributed by atoms with Crippen molar-refractivity contribution in [1.82, 2.24) is 15.0 Å². The van der Waals surface area contributed by atoms with Crippen molar-refractivity contribution in [3.8, 4) is 0 Å². The van der Waals surface area contributed by atoms with Crippen LogP contribution in [0.1, 0.15) is 11.4 Å². The molecule has 14 heavy (non-hydrogen) atoms. The molecule has 0 saturated carbocycles. The number of halogens is 3. The summed E-state index contributed by atoms with van der Waals surface area (Å²) in [7, 11) is 0. The molecule has 1 aromatic heterocycles. The molecule has 0 fully saturated rings. The summed E-state index contributed by atoms with van der Waals surface area (Å²) in [6, 6.07) is 0. The molecule has 0 saturated heterocycles. The largest absolute Gasteiger partial charge is 0.408 e. The average molecular weight is 224 g/mol. The Balaban J connectivity index is 2.96. The summed E-state index contributed by atoms with van der Waals surface area (Å²) in [5.41, 5.74) is 5.57. The predicted molar refractivity (Wildman–Crippen MR) is 46.7 cm³/mol. The van der Waals surface area contributed by atoms with E-state index in [0.29, 0.717) is 4.68 Å². The van der Waals surface area contributed by atoms with Crippen LogP contribution in [0.25, 0.3) is 0 Å². The molecule has 0 radical (unpaired) electrons. The molecular weight excluding hydrogens is 217 g/mol. The second-order valence-electron chi connectivity index (χ2n) is 2.66. The van der Waals surface area contributed by atoms with Gasteiger partial charge in [-0.15, -0.1) is 5.10 Å². The van der Waals surface area contributed by atoms with Crippen LogP contribution in [0.2, 0.25) is 0 Å². The minimum absolute atomic E-state index is 0.0593. The summed E-state index contributed by atoms with van der Waals surface area (Å²) < 4.78 is 36.7. The molecule has 8 heteroatoms. The monoisotopic (exact) mass is 224 g/mol. The van der Waals surface area contributed by atoms with Crippen molar-refractivity contribution in [3.05, 3.63) is 11.4 Å². The molecule has 2 N–H and O–H groups in total. The SMILES string of the molecule is Cc1c(C(N)=S)nnn1CC(F)(F)F. The maximum Gasteiger partial charge on any atom is 0.408 e. The first-order chi connectivity index (χ1) is 6.31. The van der Waals surface area contributed by atoms with Gasteiger partial charge in [-0.05, 0) is 6.92 Å². The van der Waals surface area contributed by atoms with Gasteiger partial charge in [0.2, 0.25) is 0 Å². The normalized spacial score (nSPS) is 11.7. The van der Waals surface area contributed by atoms with E-state index in [0.717, 1.165) is 0 Å². The second-order valence-corrected chi connectivity index (χ2v) is 3.10. The van der Waals surface area contributed by atoms with Crippen molar-refractivity contribution in [3.63, 3.8) is 0 Å². The summed E-state index contributed by atoms with van der Waals surface area (Å²) in [5.74, 6) is 0. The first kappa shape index (κ1) is 10.9. The zero-order valence-corrected chi connectivity index (χ0v) is 7.98. The van der Waals surface area contributed by atoms with Gasteiger partial charge in [-0.3, -0.25) is 0 Å². The van der Waals surface area contributed by atoms with Crippen molar-refractivity contribution in [2.75, 3.05) is 0 Å². The van der Waals surface area contributed by atoms with Gasteiger partial charge < -0.3 is 5.73 Å². The molecule has 0 unspecified atom stereocenters. The van der Waals surface area contributed by atoms with Crippen LogP contribution in [0, 0.1) is 6.92 Å². The van der Waals surface area contributed by atoms with E-state index in [-0.39, 0.29) is 16.4 Å². The summed E-state index contributed by atoms with van der Waals surface area (Å²) in [4.78, 5) is -0.0593. The van der Waals surface area contributed by atoms with Crippen LogP contribution in [-0.2, 0) is 6.54 Å². The van der Waals surface area contributed by atoms with Crippen LogP contribution in [0.4, 0.5) is 13.2 Å². The Hall–Kier alpha value is -1.18. The molecule has 0 aliphatic rings. The smallest absolute Gasteiger partial charge is 0.388 e. The fourth-order valence-electron chi connectivity index (χ4n) is 0.908. The maximum atomic E-state index is 12.0. The molecule has 0 spiro atoms. The lowest BCUT2D eigenvalue weighted by atomic mass is 10.3. The van der Waals surface area contributed by atoms with Crippen molar-refractivity contribution in [2.24, 2.45) is 5.73 Å². The molecule has 0 aliphatic carbocycles. The third-order valence-corrected chi connectivity index (χ3v) is 1.74. The van der Waals surface area contributed by atoms with Gasteiger partial charge in [0.25, 0.3) is 0 Å². The van der Waals surface area contributed by atoms with Crippen LogP contribution in [0.15, 0.2) is 0 Å². The maximum absolute atomic E-state index is 12.0. The lowest BCUT2D eigenvalue weighted by Crippen LogP contribution is -2.20. The topological polar surface area (TPSA) is 56.7 Å². The van der Waals surface area contributed by atoms with Crippen LogP contribution in [-0.4, -0.2) is 26.2 Å². The summed E-state index contributed by atoms with van der Waals surface area (Å²) in [6.07, 6.45) is -4.33. The Morgan fingerprint density at radius 1 is 1.57 bits per heavy atom. The highest BCUT2D eigenvalue weighted by molar-refractivity contribution is 7.80. The molecule has 0 aliphatic heterocycles. The molecule has 1 rings (SSSR count). The zero-order chi connectivity index (χ0) is 10.9. The fourth-order valence-corrected chi connectivity index (χ4v) is 1.10. The van der Waals surface area contributed by atoms with Gasteiger partial charge in [0.05, 0.1) is 5.69 Å². The summed E-state index contributed by atoms with van der Waals surface area (Å²) >= 11 is 4.58. The Kier molecular flexibility index (Phi) is 2.74. The zero-order valence-electron chi connectivity index (χ0n) is 7.17. The highest BCUT2D eigenvalue weighted by atomic mass is 32.1. The minimum Gasteiger partial charge on any atom is -0.388 e. The van der Waals surface area contributed by atoms with E-state index >= 15 is 0 Å². The quantitative estimate of drug-likeness (QED) is 0.754. The molecule has 0 aromatic carbocycles. The molecule has 0 amide bonds. The Morgan fingerprint density at radius 3 is 2.50 bits per heavy atom. The Bertz CT molecular complexity index is 356. The molecule has 1 aromatic rings. The van der Waals surface area contributed by atoms with Crippen molar-refractivity contribution in [1.29, 1.82) is 0 Å². The number of rotatable bonds is 2. The van der Waals surface area contributed by atoms with Crippen LogP contribution < -0.4 is 5.73 Å². The molecule has 1 heterocycles. The molecular formula is C6H7F3N4S. The van der Waals surface area contributed by atoms with Gasteiger partial charge in [0.1, 0.15) is 17.2 Å². The van der Waals surface area contributed by atoms with E-state index in [4.69, 9.17) is 5.73 Å². The standard InChI is InChI=1S/C6H7F3N4S/c1-3-4(5(10)14)11-12-13(3)2-6(7,8)9/h2H2,1H3,(H2,10,14). The van der Waals surface area contributed by atoms with Gasteiger partial charge >= 0.3 is 6.18 Å². The van der Waals surface area contributed by atoms with Crippen LogP contribution in [0.5, 0.6) is 0 Å². The van der Waals surface area contributed by atoms with E-state index in [1.54, 1.807) is 0 Å². The Morgan fingerprint density at radius 2 is 2.14 bits per heavy atom. The van der Waals surface area contributed by atoms with Gasteiger partial charge in [-0.2, -0.15) is 13.2 Å². The third kappa shape index (κ3) is 2.41. The van der Waals surface area contributed by atoms with E-state index < -0.39 is 12.7 Å². The number of alkyl halides is 3. The average Bonchev–Trinajstić information content (AvgIpc) is 2.29. The van der Waals surface area contributed by atoms with Gasteiger partial charge in [-0.25, -0.2) is 4.68 Å².